The Bertz CT molecular complexity index is 355. The number of amides is 1. The zero-order valence-electron chi connectivity index (χ0n) is 11.0. The molecule has 2 rings (SSSR count). The van der Waals surface area contributed by atoms with Gasteiger partial charge in [0, 0.05) is 13.0 Å². The molecule has 0 saturated heterocycles. The molecule has 1 aliphatic carbocycles. The van der Waals surface area contributed by atoms with Crippen LogP contribution < -0.4 is 5.32 Å². The van der Waals surface area contributed by atoms with Gasteiger partial charge in [-0.2, -0.15) is 0 Å². The fourth-order valence-electron chi connectivity index (χ4n) is 2.70. The molecule has 0 aromatic heterocycles. The molecule has 0 atom stereocenters. The van der Waals surface area contributed by atoms with E-state index in [1.165, 1.54) is 37.7 Å². The number of hydrogen-bond acceptors (Lipinski definition) is 1. The average molecular weight is 245 g/mol. The highest BCUT2D eigenvalue weighted by Crippen LogP contribution is 2.27. The summed E-state index contributed by atoms with van der Waals surface area (Å²) in [6.45, 7) is 0.657. The van der Waals surface area contributed by atoms with Gasteiger partial charge in [0.25, 0.3) is 0 Å². The van der Waals surface area contributed by atoms with Gasteiger partial charge in [0.15, 0.2) is 0 Å². The minimum absolute atomic E-state index is 0.199. The van der Waals surface area contributed by atoms with Gasteiger partial charge in [-0.3, -0.25) is 4.79 Å². The predicted molar refractivity (Wildman–Crippen MR) is 74.1 cm³/mol. The number of nitrogens with one attached hydrogen (secondary N) is 1. The van der Waals surface area contributed by atoms with Crippen molar-refractivity contribution in [3.05, 3.63) is 35.9 Å². The summed E-state index contributed by atoms with van der Waals surface area (Å²) in [7, 11) is 0. The van der Waals surface area contributed by atoms with E-state index in [1.54, 1.807) is 0 Å². The smallest absolute Gasteiger partial charge is 0.220 e. The maximum atomic E-state index is 11.7. The SMILES string of the molecule is O=C(CCC1CCCCC1)NCc1ccccc1. The lowest BCUT2D eigenvalue weighted by molar-refractivity contribution is -0.121. The van der Waals surface area contributed by atoms with Crippen LogP contribution in [0.3, 0.4) is 0 Å². The molecular formula is C16H23NO. The van der Waals surface area contributed by atoms with Crippen molar-refractivity contribution in [2.24, 2.45) is 5.92 Å². The molecule has 1 fully saturated rings. The van der Waals surface area contributed by atoms with Crippen LogP contribution in [0.4, 0.5) is 0 Å². The van der Waals surface area contributed by atoms with E-state index in [4.69, 9.17) is 0 Å². The van der Waals surface area contributed by atoms with Gasteiger partial charge in [0.1, 0.15) is 0 Å². The van der Waals surface area contributed by atoms with Crippen LogP contribution >= 0.6 is 0 Å². The van der Waals surface area contributed by atoms with Crippen molar-refractivity contribution in [1.29, 1.82) is 0 Å². The first-order chi connectivity index (χ1) is 8.84. The third-order valence-electron chi connectivity index (χ3n) is 3.84. The third-order valence-corrected chi connectivity index (χ3v) is 3.84. The molecule has 1 N–H and O–H groups in total. The molecule has 2 heteroatoms. The molecule has 2 nitrogen and oxygen atoms in total. The molecular weight excluding hydrogens is 222 g/mol. The maximum Gasteiger partial charge on any atom is 0.220 e. The summed E-state index contributed by atoms with van der Waals surface area (Å²) in [6.07, 6.45) is 8.51. The van der Waals surface area contributed by atoms with Gasteiger partial charge in [-0.05, 0) is 17.9 Å². The van der Waals surface area contributed by atoms with Crippen LogP contribution in [0.15, 0.2) is 30.3 Å². The summed E-state index contributed by atoms with van der Waals surface area (Å²) in [5.41, 5.74) is 1.17. The zero-order valence-corrected chi connectivity index (χ0v) is 11.0. The molecule has 1 amide bonds. The Morgan fingerprint density at radius 2 is 1.83 bits per heavy atom. The van der Waals surface area contributed by atoms with Crippen LogP contribution in [0.2, 0.25) is 0 Å². The minimum Gasteiger partial charge on any atom is -0.352 e. The Morgan fingerprint density at radius 1 is 1.11 bits per heavy atom. The van der Waals surface area contributed by atoms with E-state index in [2.05, 4.69) is 5.32 Å². The first-order valence-corrected chi connectivity index (χ1v) is 7.15. The molecule has 0 spiro atoms. The van der Waals surface area contributed by atoms with Crippen molar-refractivity contribution in [3.63, 3.8) is 0 Å². The van der Waals surface area contributed by atoms with Crippen molar-refractivity contribution >= 4 is 5.91 Å². The first-order valence-electron chi connectivity index (χ1n) is 7.15. The Hall–Kier alpha value is -1.31. The molecule has 1 aromatic rings. The van der Waals surface area contributed by atoms with Gasteiger partial charge in [-0.1, -0.05) is 62.4 Å². The predicted octanol–water partition coefficient (Wildman–Crippen LogP) is 3.66. The molecule has 18 heavy (non-hydrogen) atoms. The highest BCUT2D eigenvalue weighted by atomic mass is 16.1. The highest BCUT2D eigenvalue weighted by Gasteiger charge is 2.14. The Labute approximate surface area is 110 Å². The fraction of sp³-hybridized carbons (Fsp3) is 0.562. The average Bonchev–Trinajstić information content (AvgIpc) is 2.45. The highest BCUT2D eigenvalue weighted by molar-refractivity contribution is 5.75. The van der Waals surface area contributed by atoms with E-state index in [0.717, 1.165) is 12.3 Å². The molecule has 0 aliphatic heterocycles. The van der Waals surface area contributed by atoms with Gasteiger partial charge in [0.2, 0.25) is 5.91 Å². The van der Waals surface area contributed by atoms with Gasteiger partial charge in [-0.15, -0.1) is 0 Å². The van der Waals surface area contributed by atoms with Crippen molar-refractivity contribution in [2.75, 3.05) is 0 Å². The van der Waals surface area contributed by atoms with Crippen LogP contribution in [0.25, 0.3) is 0 Å². The van der Waals surface area contributed by atoms with E-state index in [9.17, 15) is 4.79 Å². The van der Waals surface area contributed by atoms with Gasteiger partial charge >= 0.3 is 0 Å². The van der Waals surface area contributed by atoms with Gasteiger partial charge in [-0.25, -0.2) is 0 Å². The summed E-state index contributed by atoms with van der Waals surface area (Å²) in [5, 5.41) is 3.00. The summed E-state index contributed by atoms with van der Waals surface area (Å²) in [5.74, 6) is 0.991. The molecule has 0 heterocycles. The van der Waals surface area contributed by atoms with E-state index < -0.39 is 0 Å². The third kappa shape index (κ3) is 4.52. The van der Waals surface area contributed by atoms with Crippen molar-refractivity contribution < 1.29 is 4.79 Å². The Morgan fingerprint density at radius 3 is 2.56 bits per heavy atom. The second kappa shape index (κ2) is 7.20. The van der Waals surface area contributed by atoms with Crippen molar-refractivity contribution in [2.45, 2.75) is 51.5 Å². The number of benzene rings is 1. The summed E-state index contributed by atoms with van der Waals surface area (Å²) < 4.78 is 0. The quantitative estimate of drug-likeness (QED) is 0.842. The van der Waals surface area contributed by atoms with Crippen LogP contribution in [-0.2, 0) is 11.3 Å². The standard InChI is InChI=1S/C16H23NO/c18-16(12-11-14-7-3-1-4-8-14)17-13-15-9-5-2-6-10-15/h2,5-6,9-10,14H,1,3-4,7-8,11-13H2,(H,17,18). The summed E-state index contributed by atoms with van der Waals surface area (Å²) in [4.78, 5) is 11.7. The molecule has 0 bridgehead atoms. The summed E-state index contributed by atoms with van der Waals surface area (Å²) in [6, 6.07) is 10.1. The van der Waals surface area contributed by atoms with Crippen molar-refractivity contribution in [3.8, 4) is 0 Å². The fourth-order valence-corrected chi connectivity index (χ4v) is 2.70. The normalized spacial score (nSPS) is 16.4. The van der Waals surface area contributed by atoms with Crippen LogP contribution in [0.5, 0.6) is 0 Å². The van der Waals surface area contributed by atoms with E-state index in [0.29, 0.717) is 13.0 Å². The summed E-state index contributed by atoms with van der Waals surface area (Å²) >= 11 is 0. The van der Waals surface area contributed by atoms with E-state index in [-0.39, 0.29) is 5.91 Å². The molecule has 1 aromatic carbocycles. The van der Waals surface area contributed by atoms with Gasteiger partial charge < -0.3 is 5.32 Å². The Balaban J connectivity index is 1.63. The second-order valence-electron chi connectivity index (χ2n) is 5.31. The first kappa shape index (κ1) is 13.1. The van der Waals surface area contributed by atoms with Crippen LogP contribution in [0.1, 0.15) is 50.5 Å². The topological polar surface area (TPSA) is 29.1 Å². The lowest BCUT2D eigenvalue weighted by Gasteiger charge is -2.20. The molecule has 1 aliphatic rings. The molecule has 0 radical (unpaired) electrons. The lowest BCUT2D eigenvalue weighted by Crippen LogP contribution is -2.23. The molecule has 98 valence electrons. The number of hydrogen-bond donors (Lipinski definition) is 1. The van der Waals surface area contributed by atoms with E-state index in [1.807, 2.05) is 30.3 Å². The van der Waals surface area contributed by atoms with E-state index >= 15 is 0 Å². The molecule has 1 saturated carbocycles. The molecule has 0 unspecified atom stereocenters. The van der Waals surface area contributed by atoms with Crippen LogP contribution in [-0.4, -0.2) is 5.91 Å². The second-order valence-corrected chi connectivity index (χ2v) is 5.31. The number of carbonyl (C=O) groups is 1. The number of carbonyl (C=O) groups excluding carboxylic acids is 1. The monoisotopic (exact) mass is 245 g/mol. The largest absolute Gasteiger partial charge is 0.352 e. The van der Waals surface area contributed by atoms with Gasteiger partial charge in [0.05, 0.1) is 0 Å². The van der Waals surface area contributed by atoms with Crippen molar-refractivity contribution in [1.82, 2.24) is 5.32 Å². The Kier molecular flexibility index (Phi) is 5.25. The maximum absolute atomic E-state index is 11.7. The zero-order chi connectivity index (χ0) is 12.6. The van der Waals surface area contributed by atoms with Crippen LogP contribution in [0, 0.1) is 5.92 Å². The number of rotatable bonds is 5. The minimum atomic E-state index is 0.199. The lowest BCUT2D eigenvalue weighted by atomic mass is 9.86.